The Morgan fingerprint density at radius 1 is 1.02 bits per heavy atom. The highest BCUT2D eigenvalue weighted by Crippen LogP contribution is 2.33. The van der Waals surface area contributed by atoms with Gasteiger partial charge in [-0.25, -0.2) is 13.5 Å². The molecule has 0 spiro atoms. The molecule has 0 saturated heterocycles. The number of hydrogen-bond donors (Lipinski definition) is 3. The lowest BCUT2D eigenvalue weighted by atomic mass is 9.85. The van der Waals surface area contributed by atoms with Crippen LogP contribution in [0.4, 0.5) is 5.69 Å². The predicted octanol–water partition coefficient (Wildman–Crippen LogP) is 3.81. The average molecular weight is 591 g/mol. The molecule has 228 valence electrons. The highest BCUT2D eigenvalue weighted by Gasteiger charge is 2.34. The summed E-state index contributed by atoms with van der Waals surface area (Å²) in [7, 11) is 0.981. The molecular weight excluding hydrogens is 544 g/mol. The highest BCUT2D eigenvalue weighted by atomic mass is 32.2. The maximum absolute atomic E-state index is 13.6. The second-order valence-electron chi connectivity index (χ2n) is 12.5. The van der Waals surface area contributed by atoms with Gasteiger partial charge in [-0.1, -0.05) is 70.7 Å². The first-order chi connectivity index (χ1) is 19.2. The van der Waals surface area contributed by atoms with Crippen molar-refractivity contribution in [2.24, 2.45) is 17.3 Å². The Hall–Kier alpha value is -2.73. The largest absolute Gasteiger partial charge is 0.394 e. The number of sulfonamides is 1. The summed E-state index contributed by atoms with van der Waals surface area (Å²) < 4.78 is 28.1. The van der Waals surface area contributed by atoms with Gasteiger partial charge in [0.05, 0.1) is 17.5 Å². The zero-order valence-corrected chi connectivity index (χ0v) is 25.9. The van der Waals surface area contributed by atoms with Crippen molar-refractivity contribution in [3.63, 3.8) is 0 Å². The van der Waals surface area contributed by atoms with Crippen LogP contribution in [0, 0.1) is 17.3 Å². The van der Waals surface area contributed by atoms with E-state index in [9.17, 15) is 28.3 Å². The fraction of sp³-hybridized carbons (Fsp3) is 0.600. The summed E-state index contributed by atoms with van der Waals surface area (Å²) in [4.78, 5) is 28.4. The number of nitrogens with zero attached hydrogens (tertiary/aromatic N) is 3. The molecular formula is C30H46N4O6S. The first-order valence-corrected chi connectivity index (χ1v) is 15.7. The molecule has 1 fully saturated rings. The molecule has 1 aliphatic rings. The summed E-state index contributed by atoms with van der Waals surface area (Å²) in [5, 5.41) is 25.1. The monoisotopic (exact) mass is 590 g/mol. The zero-order chi connectivity index (χ0) is 30.5. The standard InChI is InChI=1S/C30H46N4O6S/c1-30(2,3)27(19-35)31-29(37)22(17-21-11-7-8-12-21)18-28(36)34(38)20-33(6)41(39,40)26-16-10-13-23-24(26)14-9-15-25(23)32(4)5/h9-10,13-16,21-22,27,35,38H,7-8,11-12,17-20H2,1-6H3,(H,31,37)/t22-,27-/m1/s1. The topological polar surface area (TPSA) is 130 Å². The van der Waals surface area contributed by atoms with Gasteiger partial charge in [0.2, 0.25) is 21.8 Å². The van der Waals surface area contributed by atoms with Crippen LogP contribution in [0.15, 0.2) is 41.3 Å². The van der Waals surface area contributed by atoms with Gasteiger partial charge in [0.1, 0.15) is 6.67 Å². The molecule has 0 heterocycles. The summed E-state index contributed by atoms with van der Waals surface area (Å²) in [6, 6.07) is 9.95. The van der Waals surface area contributed by atoms with E-state index >= 15 is 0 Å². The number of aliphatic hydroxyl groups excluding tert-OH is 1. The number of carbonyl (C=O) groups is 2. The van der Waals surface area contributed by atoms with E-state index in [2.05, 4.69) is 5.32 Å². The van der Waals surface area contributed by atoms with Crippen molar-refractivity contribution < 1.29 is 28.3 Å². The quantitative estimate of drug-likeness (QED) is 0.195. The number of anilines is 1. The third-order valence-corrected chi connectivity index (χ3v) is 9.93. The van der Waals surface area contributed by atoms with Crippen LogP contribution in [-0.4, -0.2) is 80.4 Å². The lowest BCUT2D eigenvalue weighted by Crippen LogP contribution is -2.49. The van der Waals surface area contributed by atoms with Gasteiger partial charge in [-0.05, 0) is 29.9 Å². The summed E-state index contributed by atoms with van der Waals surface area (Å²) in [6.45, 7) is 4.90. The van der Waals surface area contributed by atoms with Gasteiger partial charge >= 0.3 is 0 Å². The van der Waals surface area contributed by atoms with Crippen LogP contribution in [0.5, 0.6) is 0 Å². The predicted molar refractivity (Wildman–Crippen MR) is 160 cm³/mol. The second-order valence-corrected chi connectivity index (χ2v) is 14.5. The van der Waals surface area contributed by atoms with E-state index in [1.165, 1.54) is 13.1 Å². The summed E-state index contributed by atoms with van der Waals surface area (Å²) >= 11 is 0. The van der Waals surface area contributed by atoms with Crippen molar-refractivity contribution in [3.05, 3.63) is 36.4 Å². The number of hydrogen-bond acceptors (Lipinski definition) is 7. The van der Waals surface area contributed by atoms with E-state index in [-0.39, 0.29) is 29.2 Å². The molecule has 0 aromatic heterocycles. The fourth-order valence-electron chi connectivity index (χ4n) is 5.46. The van der Waals surface area contributed by atoms with Crippen LogP contribution in [0.1, 0.15) is 59.3 Å². The highest BCUT2D eigenvalue weighted by molar-refractivity contribution is 7.89. The van der Waals surface area contributed by atoms with Crippen LogP contribution in [-0.2, 0) is 19.6 Å². The van der Waals surface area contributed by atoms with Crippen LogP contribution in [0.25, 0.3) is 10.8 Å². The van der Waals surface area contributed by atoms with Crippen LogP contribution >= 0.6 is 0 Å². The van der Waals surface area contributed by atoms with Crippen molar-refractivity contribution in [1.29, 1.82) is 0 Å². The van der Waals surface area contributed by atoms with Crippen molar-refractivity contribution >= 4 is 38.3 Å². The molecule has 2 amide bonds. The molecule has 0 aliphatic heterocycles. The number of aliphatic hydroxyl groups is 1. The number of amides is 2. The summed E-state index contributed by atoms with van der Waals surface area (Å²) in [5.41, 5.74) is 0.476. The van der Waals surface area contributed by atoms with Gasteiger partial charge in [0.25, 0.3) is 0 Å². The maximum atomic E-state index is 13.6. The number of hydroxylamine groups is 2. The van der Waals surface area contributed by atoms with Gasteiger partial charge in [-0.2, -0.15) is 4.31 Å². The van der Waals surface area contributed by atoms with E-state index < -0.39 is 34.6 Å². The Balaban J connectivity index is 1.77. The van der Waals surface area contributed by atoms with Crippen molar-refractivity contribution in [1.82, 2.24) is 14.7 Å². The number of carbonyl (C=O) groups excluding carboxylic acids is 2. The lowest BCUT2D eigenvalue weighted by molar-refractivity contribution is -0.172. The van der Waals surface area contributed by atoms with E-state index in [1.807, 2.05) is 51.9 Å². The molecule has 1 aliphatic carbocycles. The third kappa shape index (κ3) is 7.97. The first kappa shape index (κ1) is 32.8. The van der Waals surface area contributed by atoms with Crippen molar-refractivity contribution in [3.8, 4) is 0 Å². The zero-order valence-electron chi connectivity index (χ0n) is 25.1. The van der Waals surface area contributed by atoms with Gasteiger partial charge in [0.15, 0.2) is 0 Å². The average Bonchev–Trinajstić information content (AvgIpc) is 3.42. The van der Waals surface area contributed by atoms with Crippen molar-refractivity contribution in [2.45, 2.75) is 70.2 Å². The SMILES string of the molecule is CN(C)c1cccc2c(S(=O)(=O)N(C)CN(O)C(=O)C[C@@H](CC3CCCC3)C(=O)N[C@H](CO)C(C)(C)C)cccc12. The molecule has 1 saturated carbocycles. The molecule has 2 atom stereocenters. The first-order valence-electron chi connectivity index (χ1n) is 14.2. The van der Waals surface area contributed by atoms with Gasteiger partial charge in [-0.3, -0.25) is 14.8 Å². The summed E-state index contributed by atoms with van der Waals surface area (Å²) in [6.07, 6.45) is 4.33. The van der Waals surface area contributed by atoms with E-state index in [0.29, 0.717) is 22.8 Å². The van der Waals surface area contributed by atoms with E-state index in [4.69, 9.17) is 0 Å². The minimum atomic E-state index is -4.08. The molecule has 2 aromatic carbocycles. The molecule has 0 bridgehead atoms. The number of rotatable bonds is 12. The minimum Gasteiger partial charge on any atom is -0.394 e. The molecule has 11 heteroatoms. The molecule has 2 aromatic rings. The summed E-state index contributed by atoms with van der Waals surface area (Å²) in [5.74, 6) is -1.49. The van der Waals surface area contributed by atoms with Crippen molar-refractivity contribution in [2.75, 3.05) is 39.3 Å². The smallest absolute Gasteiger partial charge is 0.247 e. The number of benzene rings is 2. The van der Waals surface area contributed by atoms with Crippen LogP contribution < -0.4 is 10.2 Å². The Morgan fingerprint density at radius 3 is 2.22 bits per heavy atom. The molecule has 0 unspecified atom stereocenters. The number of fused-ring (bicyclic) bond motifs is 1. The second kappa shape index (κ2) is 13.5. The molecule has 3 rings (SSSR count). The minimum absolute atomic E-state index is 0.0674. The number of nitrogens with one attached hydrogen (secondary N) is 1. The van der Waals surface area contributed by atoms with Crippen LogP contribution in [0.3, 0.4) is 0 Å². The Bertz CT molecular complexity index is 1320. The van der Waals surface area contributed by atoms with E-state index in [1.54, 1.807) is 18.2 Å². The Kier molecular flexibility index (Phi) is 10.8. The van der Waals surface area contributed by atoms with Gasteiger partial charge in [-0.15, -0.1) is 0 Å². The molecule has 41 heavy (non-hydrogen) atoms. The fourth-order valence-corrected chi connectivity index (χ4v) is 6.77. The van der Waals surface area contributed by atoms with Gasteiger partial charge in [0, 0.05) is 49.9 Å². The normalized spacial score (nSPS) is 16.1. The molecule has 3 N–H and O–H groups in total. The Morgan fingerprint density at radius 2 is 1.63 bits per heavy atom. The van der Waals surface area contributed by atoms with Gasteiger partial charge < -0.3 is 15.3 Å². The molecule has 10 nitrogen and oxygen atoms in total. The van der Waals surface area contributed by atoms with E-state index in [0.717, 1.165) is 41.1 Å². The third-order valence-electron chi connectivity index (χ3n) is 8.08. The Labute approximate surface area is 244 Å². The molecule has 0 radical (unpaired) electrons. The van der Waals surface area contributed by atoms with Crippen LogP contribution in [0.2, 0.25) is 0 Å². The maximum Gasteiger partial charge on any atom is 0.247 e. The lowest BCUT2D eigenvalue weighted by Gasteiger charge is -2.32.